The van der Waals surface area contributed by atoms with Crippen LogP contribution < -0.4 is 0 Å². The highest BCUT2D eigenvalue weighted by molar-refractivity contribution is 6.02. The lowest BCUT2D eigenvalue weighted by Crippen LogP contribution is -2.31. The predicted octanol–water partition coefficient (Wildman–Crippen LogP) is 2.74. The van der Waals surface area contributed by atoms with Crippen LogP contribution in [0.3, 0.4) is 0 Å². The van der Waals surface area contributed by atoms with Crippen molar-refractivity contribution in [3.63, 3.8) is 0 Å². The molecule has 0 amide bonds. The number of hydrogen-bond donors (Lipinski definition) is 2. The largest absolute Gasteiger partial charge is 0.478 e. The molecular weight excluding hydrogens is 348 g/mol. The average molecular weight is 374 g/mol. The number of fused-ring (bicyclic) bond motifs is 1. The van der Waals surface area contributed by atoms with E-state index in [9.17, 15) is 24.6 Å². The van der Waals surface area contributed by atoms with E-state index in [1.807, 2.05) is 13.8 Å². The molecule has 1 aliphatic heterocycles. The Bertz CT molecular complexity index is 755. The molecule has 0 spiro atoms. The summed E-state index contributed by atoms with van der Waals surface area (Å²) in [6.45, 7) is 9.23. The molecule has 0 unspecified atom stereocenters. The molecule has 0 saturated carbocycles. The minimum atomic E-state index is -1.25. The van der Waals surface area contributed by atoms with Crippen LogP contribution in [0.2, 0.25) is 0 Å². The van der Waals surface area contributed by atoms with Gasteiger partial charge in [-0.1, -0.05) is 30.7 Å². The standard InChI is InChI=1S/C21H26O6/c1-5-11(2)8-16(22)14-7-6-12(3)9-17(23)19-13(4)21(26)27-18(19)10-15(14)20(24)25/h6,8,10,14,17-19,23H,4-5,7,9H2,1-3H3,(H,24,25)/b11-8+,12-6+,15-10-/t14-,17-,18+,19+/m0/s1. The van der Waals surface area contributed by atoms with Crippen LogP contribution in [0.25, 0.3) is 0 Å². The van der Waals surface area contributed by atoms with E-state index in [-0.39, 0.29) is 29.8 Å². The van der Waals surface area contributed by atoms with Gasteiger partial charge in [-0.3, -0.25) is 4.79 Å². The Morgan fingerprint density at radius 1 is 1.41 bits per heavy atom. The third kappa shape index (κ3) is 4.63. The number of esters is 1. The predicted molar refractivity (Wildman–Crippen MR) is 99.8 cm³/mol. The monoisotopic (exact) mass is 374 g/mol. The van der Waals surface area contributed by atoms with E-state index >= 15 is 0 Å². The first-order chi connectivity index (χ1) is 12.6. The highest BCUT2D eigenvalue weighted by atomic mass is 16.6. The second kappa shape index (κ2) is 8.48. The van der Waals surface area contributed by atoms with Crippen molar-refractivity contribution in [2.24, 2.45) is 11.8 Å². The lowest BCUT2D eigenvalue weighted by molar-refractivity contribution is -0.138. The number of hydrogen-bond acceptors (Lipinski definition) is 5. The van der Waals surface area contributed by atoms with Gasteiger partial charge in [-0.25, -0.2) is 9.59 Å². The van der Waals surface area contributed by atoms with E-state index in [1.54, 1.807) is 13.0 Å². The van der Waals surface area contributed by atoms with Gasteiger partial charge in [0.15, 0.2) is 5.78 Å². The molecule has 0 bridgehead atoms. The molecule has 1 fully saturated rings. The fourth-order valence-corrected chi connectivity index (χ4v) is 3.41. The number of aliphatic carboxylic acids is 1. The fraction of sp³-hybridized carbons (Fsp3) is 0.476. The SMILES string of the molecule is C=C1C(=O)O[C@@H]2/C=C(\C(=O)O)[C@@H](C(=O)/C=C(\C)CC)C/C=C(\C)C[C@H](O)[C@@H]12. The number of carboxylic acids is 1. The smallest absolute Gasteiger partial charge is 0.334 e. The summed E-state index contributed by atoms with van der Waals surface area (Å²) in [7, 11) is 0. The number of ether oxygens (including phenoxy) is 1. The van der Waals surface area contributed by atoms with E-state index in [2.05, 4.69) is 6.58 Å². The first-order valence-electron chi connectivity index (χ1n) is 9.05. The molecule has 27 heavy (non-hydrogen) atoms. The van der Waals surface area contributed by atoms with E-state index < -0.39 is 36.0 Å². The van der Waals surface area contributed by atoms with Gasteiger partial charge in [-0.05, 0) is 45.3 Å². The Morgan fingerprint density at radius 3 is 2.67 bits per heavy atom. The first kappa shape index (κ1) is 20.8. The Morgan fingerprint density at radius 2 is 2.07 bits per heavy atom. The summed E-state index contributed by atoms with van der Waals surface area (Å²) in [5.74, 6) is -3.83. The van der Waals surface area contributed by atoms with E-state index in [0.717, 1.165) is 11.1 Å². The Hall–Kier alpha value is -2.47. The molecule has 1 aliphatic carbocycles. The highest BCUT2D eigenvalue weighted by Crippen LogP contribution is 2.35. The number of allylic oxidation sites excluding steroid dienone is 3. The Kier molecular flexibility index (Phi) is 6.54. The van der Waals surface area contributed by atoms with Crippen molar-refractivity contribution in [2.45, 2.75) is 52.2 Å². The van der Waals surface area contributed by atoms with Gasteiger partial charge < -0.3 is 14.9 Å². The molecule has 2 aliphatic rings. The number of carbonyl (C=O) groups excluding carboxylic acids is 2. The van der Waals surface area contributed by atoms with Crippen LogP contribution in [0.1, 0.15) is 40.0 Å². The number of rotatable bonds is 4. The summed E-state index contributed by atoms with van der Waals surface area (Å²) in [6, 6.07) is 0. The number of carboxylic acid groups (broad SMARTS) is 1. The van der Waals surface area contributed by atoms with Gasteiger partial charge in [-0.2, -0.15) is 0 Å². The maximum atomic E-state index is 12.8. The summed E-state index contributed by atoms with van der Waals surface area (Å²) >= 11 is 0. The zero-order chi connectivity index (χ0) is 20.3. The first-order valence-corrected chi connectivity index (χ1v) is 9.05. The van der Waals surface area contributed by atoms with Gasteiger partial charge >= 0.3 is 11.9 Å². The molecule has 1 saturated heterocycles. The molecule has 0 aromatic carbocycles. The summed E-state index contributed by atoms with van der Waals surface area (Å²) in [5, 5.41) is 20.2. The summed E-state index contributed by atoms with van der Waals surface area (Å²) in [6.07, 6.45) is 3.84. The van der Waals surface area contributed by atoms with E-state index in [0.29, 0.717) is 6.42 Å². The second-order valence-corrected chi connectivity index (χ2v) is 7.20. The van der Waals surface area contributed by atoms with Gasteiger partial charge in [0, 0.05) is 11.1 Å². The number of carbonyl (C=O) groups is 3. The van der Waals surface area contributed by atoms with Crippen molar-refractivity contribution in [3.8, 4) is 0 Å². The normalized spacial score (nSPS) is 33.3. The van der Waals surface area contributed by atoms with Gasteiger partial charge in [0.05, 0.1) is 17.9 Å². The number of aliphatic hydroxyl groups is 1. The minimum absolute atomic E-state index is 0.117. The van der Waals surface area contributed by atoms with Crippen LogP contribution in [0.4, 0.5) is 0 Å². The fourth-order valence-electron chi connectivity index (χ4n) is 3.41. The second-order valence-electron chi connectivity index (χ2n) is 7.20. The molecule has 2 N–H and O–H groups in total. The van der Waals surface area contributed by atoms with E-state index in [4.69, 9.17) is 4.74 Å². The van der Waals surface area contributed by atoms with Crippen LogP contribution in [0.5, 0.6) is 0 Å². The molecule has 0 radical (unpaired) electrons. The molecule has 0 aromatic rings. The highest BCUT2D eigenvalue weighted by Gasteiger charge is 2.43. The lowest BCUT2D eigenvalue weighted by Gasteiger charge is -2.24. The zero-order valence-corrected chi connectivity index (χ0v) is 15.9. The summed E-state index contributed by atoms with van der Waals surface area (Å²) in [4.78, 5) is 36.6. The average Bonchev–Trinajstić information content (AvgIpc) is 2.87. The van der Waals surface area contributed by atoms with Gasteiger partial charge in [0.2, 0.25) is 0 Å². The third-order valence-corrected chi connectivity index (χ3v) is 5.17. The van der Waals surface area contributed by atoms with Gasteiger partial charge in [-0.15, -0.1) is 0 Å². The van der Waals surface area contributed by atoms with Gasteiger partial charge in [0.25, 0.3) is 0 Å². The van der Waals surface area contributed by atoms with Crippen LogP contribution in [0.15, 0.2) is 47.1 Å². The van der Waals surface area contributed by atoms with Crippen molar-refractivity contribution < 1.29 is 29.3 Å². The topological polar surface area (TPSA) is 101 Å². The van der Waals surface area contributed by atoms with Crippen LogP contribution in [0, 0.1) is 11.8 Å². The molecule has 2 rings (SSSR count). The van der Waals surface area contributed by atoms with Crippen molar-refractivity contribution in [3.05, 3.63) is 47.1 Å². The molecule has 146 valence electrons. The van der Waals surface area contributed by atoms with Crippen molar-refractivity contribution in [1.82, 2.24) is 0 Å². The van der Waals surface area contributed by atoms with E-state index in [1.165, 1.54) is 12.2 Å². The molecule has 4 atom stereocenters. The van der Waals surface area contributed by atoms with Crippen LogP contribution >= 0.6 is 0 Å². The zero-order valence-electron chi connectivity index (χ0n) is 15.9. The Balaban J connectivity index is 2.56. The van der Waals surface area contributed by atoms with Crippen molar-refractivity contribution in [1.29, 1.82) is 0 Å². The van der Waals surface area contributed by atoms with Crippen molar-refractivity contribution >= 4 is 17.7 Å². The van der Waals surface area contributed by atoms with Crippen LogP contribution in [-0.4, -0.2) is 40.1 Å². The summed E-state index contributed by atoms with van der Waals surface area (Å²) in [5.41, 5.74) is 1.66. The van der Waals surface area contributed by atoms with Crippen molar-refractivity contribution in [2.75, 3.05) is 0 Å². The maximum absolute atomic E-state index is 12.8. The number of aliphatic hydroxyl groups excluding tert-OH is 1. The number of ketones is 1. The minimum Gasteiger partial charge on any atom is -0.478 e. The lowest BCUT2D eigenvalue weighted by atomic mass is 9.82. The summed E-state index contributed by atoms with van der Waals surface area (Å²) < 4.78 is 5.24. The molecular formula is C21H26O6. The Labute approximate surface area is 158 Å². The molecule has 6 heteroatoms. The third-order valence-electron chi connectivity index (χ3n) is 5.17. The quantitative estimate of drug-likeness (QED) is 0.446. The molecule has 1 heterocycles. The van der Waals surface area contributed by atoms with Crippen LogP contribution in [-0.2, 0) is 19.1 Å². The molecule has 0 aromatic heterocycles. The maximum Gasteiger partial charge on any atom is 0.334 e. The van der Waals surface area contributed by atoms with Gasteiger partial charge in [0.1, 0.15) is 6.10 Å². The molecule has 6 nitrogen and oxygen atoms in total.